The first-order chi connectivity index (χ1) is 13.0. The summed E-state index contributed by atoms with van der Waals surface area (Å²) in [7, 11) is 3.38. The molecule has 0 bridgehead atoms. The zero-order valence-electron chi connectivity index (χ0n) is 15.8. The van der Waals surface area contributed by atoms with E-state index in [1.165, 1.54) is 17.7 Å². The molecule has 0 aromatic carbocycles. The Morgan fingerprint density at radius 2 is 2.07 bits per heavy atom. The zero-order valence-corrected chi connectivity index (χ0v) is 15.8. The minimum Gasteiger partial charge on any atom is -0.492 e. The topological polar surface area (TPSA) is 78.8 Å². The van der Waals surface area contributed by atoms with Crippen molar-refractivity contribution in [3.05, 3.63) is 38.4 Å². The number of aromatic nitrogens is 2. The molecule has 7 nitrogen and oxygen atoms in total. The Morgan fingerprint density at radius 1 is 1.33 bits per heavy atom. The molecular weight excluding hydrogens is 351 g/mol. The number of methoxy groups -OCH3 is 1. The highest BCUT2D eigenvalue weighted by atomic mass is 19.1. The van der Waals surface area contributed by atoms with Gasteiger partial charge < -0.3 is 15.0 Å². The first-order valence-electron chi connectivity index (χ1n) is 9.43. The fourth-order valence-corrected chi connectivity index (χ4v) is 4.19. The summed E-state index contributed by atoms with van der Waals surface area (Å²) in [4.78, 5) is 29.0. The fraction of sp³-hybridized carbons (Fsp3) is 0.579. The van der Waals surface area contributed by atoms with Crippen LogP contribution in [0.15, 0.2) is 15.8 Å². The Morgan fingerprint density at radius 3 is 2.70 bits per heavy atom. The second-order valence-electron chi connectivity index (χ2n) is 7.60. The van der Waals surface area contributed by atoms with Crippen molar-refractivity contribution in [3.63, 3.8) is 0 Å². The van der Waals surface area contributed by atoms with Crippen LogP contribution in [-0.2, 0) is 0 Å². The molecule has 2 aromatic rings. The molecule has 8 heteroatoms. The van der Waals surface area contributed by atoms with Crippen molar-refractivity contribution >= 4 is 11.2 Å². The highest BCUT2D eigenvalue weighted by molar-refractivity contribution is 5.78. The van der Waals surface area contributed by atoms with Gasteiger partial charge in [-0.3, -0.25) is 14.2 Å². The molecule has 2 fully saturated rings. The van der Waals surface area contributed by atoms with E-state index in [0.29, 0.717) is 41.8 Å². The summed E-state index contributed by atoms with van der Waals surface area (Å²) in [6.45, 7) is 3.51. The smallest absolute Gasteiger partial charge is 0.333 e. The number of pyridine rings is 1. The van der Waals surface area contributed by atoms with Crippen LogP contribution in [0, 0.1) is 11.7 Å². The third-order valence-corrected chi connectivity index (χ3v) is 5.97. The number of anilines is 1. The minimum atomic E-state index is -0.647. The number of halogens is 1. The van der Waals surface area contributed by atoms with Crippen LogP contribution < -0.4 is 26.2 Å². The molecule has 1 saturated heterocycles. The standard InChI is InChI=1S/C19H25FN4O3/c1-10(21-2)12-6-7-23(8-12)15-13(20)9-24-16(17(15)27-3)14(11-4-5-11)18(25)22-19(24)26/h9-12,21H,4-8H2,1-3H3,(H,22,25,26). The van der Waals surface area contributed by atoms with Crippen molar-refractivity contribution in [2.45, 2.75) is 38.1 Å². The van der Waals surface area contributed by atoms with Crippen molar-refractivity contribution in [2.24, 2.45) is 5.92 Å². The molecule has 0 spiro atoms. The predicted molar refractivity (Wildman–Crippen MR) is 102 cm³/mol. The number of rotatable bonds is 5. The van der Waals surface area contributed by atoms with E-state index in [0.717, 1.165) is 19.3 Å². The van der Waals surface area contributed by atoms with Crippen LogP contribution in [0.4, 0.5) is 10.1 Å². The van der Waals surface area contributed by atoms with Crippen LogP contribution in [-0.4, -0.2) is 42.7 Å². The number of hydrogen-bond donors (Lipinski definition) is 2. The summed E-state index contributed by atoms with van der Waals surface area (Å²) in [5, 5.41) is 3.26. The maximum atomic E-state index is 15.1. The highest BCUT2D eigenvalue weighted by Crippen LogP contribution is 2.45. The first-order valence-corrected chi connectivity index (χ1v) is 9.43. The number of H-pyrrole nitrogens is 1. The van der Waals surface area contributed by atoms with Gasteiger partial charge in [0, 0.05) is 24.7 Å². The molecule has 4 rings (SSSR count). The largest absolute Gasteiger partial charge is 0.492 e. The van der Waals surface area contributed by atoms with Crippen molar-refractivity contribution in [1.29, 1.82) is 0 Å². The maximum absolute atomic E-state index is 15.1. The molecule has 2 unspecified atom stereocenters. The molecule has 27 heavy (non-hydrogen) atoms. The lowest BCUT2D eigenvalue weighted by molar-refractivity contribution is 0.410. The van der Waals surface area contributed by atoms with E-state index in [4.69, 9.17) is 4.74 Å². The second kappa shape index (κ2) is 6.67. The van der Waals surface area contributed by atoms with Crippen molar-refractivity contribution in [2.75, 3.05) is 32.1 Å². The third kappa shape index (κ3) is 2.92. The normalized spacial score (nSPS) is 21.0. The maximum Gasteiger partial charge on any atom is 0.333 e. The van der Waals surface area contributed by atoms with Crippen LogP contribution in [0.3, 0.4) is 0 Å². The molecule has 1 saturated carbocycles. The van der Waals surface area contributed by atoms with Gasteiger partial charge in [0.05, 0.1) is 13.3 Å². The van der Waals surface area contributed by atoms with E-state index in [9.17, 15) is 9.59 Å². The molecule has 0 radical (unpaired) electrons. The molecule has 1 aliphatic heterocycles. The molecule has 2 aromatic heterocycles. The van der Waals surface area contributed by atoms with Gasteiger partial charge in [-0.05, 0) is 45.1 Å². The number of hydrogen-bond acceptors (Lipinski definition) is 5. The number of ether oxygens (including phenoxy) is 1. The van der Waals surface area contributed by atoms with E-state index in [-0.39, 0.29) is 11.7 Å². The van der Waals surface area contributed by atoms with Crippen LogP contribution in [0.25, 0.3) is 5.52 Å². The number of nitrogens with zero attached hydrogens (tertiary/aromatic N) is 2. The van der Waals surface area contributed by atoms with Gasteiger partial charge in [-0.2, -0.15) is 0 Å². The lowest BCUT2D eigenvalue weighted by Crippen LogP contribution is -2.33. The molecular formula is C19H25FN4O3. The highest BCUT2D eigenvalue weighted by Gasteiger charge is 2.35. The van der Waals surface area contributed by atoms with Crippen molar-refractivity contribution in [3.8, 4) is 5.75 Å². The quantitative estimate of drug-likeness (QED) is 0.826. The Hall–Kier alpha value is -2.35. The molecule has 0 amide bonds. The van der Waals surface area contributed by atoms with Gasteiger partial charge in [-0.25, -0.2) is 9.18 Å². The number of nitrogens with one attached hydrogen (secondary N) is 2. The average molecular weight is 376 g/mol. The van der Waals surface area contributed by atoms with Gasteiger partial charge in [0.15, 0.2) is 11.6 Å². The predicted octanol–water partition coefficient (Wildman–Crippen LogP) is 1.45. The molecule has 1 aliphatic carbocycles. The zero-order chi connectivity index (χ0) is 19.3. The van der Waals surface area contributed by atoms with E-state index in [2.05, 4.69) is 17.2 Å². The van der Waals surface area contributed by atoms with Gasteiger partial charge in [0.2, 0.25) is 0 Å². The first kappa shape index (κ1) is 18.0. The molecule has 146 valence electrons. The van der Waals surface area contributed by atoms with Gasteiger partial charge in [-0.1, -0.05) is 0 Å². The van der Waals surface area contributed by atoms with E-state index >= 15 is 4.39 Å². The van der Waals surface area contributed by atoms with Gasteiger partial charge >= 0.3 is 5.69 Å². The van der Waals surface area contributed by atoms with Gasteiger partial charge in [-0.15, -0.1) is 0 Å². The summed E-state index contributed by atoms with van der Waals surface area (Å²) in [6, 6.07) is 0.317. The lowest BCUT2D eigenvalue weighted by Gasteiger charge is -2.25. The Bertz CT molecular complexity index is 995. The molecule has 2 atom stereocenters. The van der Waals surface area contributed by atoms with Crippen molar-refractivity contribution < 1.29 is 9.13 Å². The summed E-state index contributed by atoms with van der Waals surface area (Å²) in [5.41, 5.74) is 0.213. The summed E-state index contributed by atoms with van der Waals surface area (Å²) < 4.78 is 21.8. The summed E-state index contributed by atoms with van der Waals surface area (Å²) >= 11 is 0. The Labute approximate surface area is 156 Å². The third-order valence-electron chi connectivity index (χ3n) is 5.97. The fourth-order valence-electron chi connectivity index (χ4n) is 4.19. The Balaban J connectivity index is 1.92. The number of aromatic amines is 1. The van der Waals surface area contributed by atoms with Crippen LogP contribution >= 0.6 is 0 Å². The second-order valence-corrected chi connectivity index (χ2v) is 7.60. The summed E-state index contributed by atoms with van der Waals surface area (Å²) in [5.74, 6) is 0.234. The number of fused-ring (bicyclic) bond motifs is 1. The van der Waals surface area contributed by atoms with E-state index in [1.54, 1.807) is 0 Å². The van der Waals surface area contributed by atoms with Gasteiger partial charge in [0.1, 0.15) is 11.2 Å². The van der Waals surface area contributed by atoms with E-state index < -0.39 is 17.1 Å². The van der Waals surface area contributed by atoms with Crippen molar-refractivity contribution in [1.82, 2.24) is 14.7 Å². The van der Waals surface area contributed by atoms with Crippen LogP contribution in [0.1, 0.15) is 37.7 Å². The molecule has 2 aliphatic rings. The SMILES string of the molecule is CNC(C)C1CCN(c2c(F)cn3c(=O)[nH]c(=O)c(C4CC4)c3c2OC)C1. The van der Waals surface area contributed by atoms with Crippen LogP contribution in [0.5, 0.6) is 5.75 Å². The van der Waals surface area contributed by atoms with Crippen LogP contribution in [0.2, 0.25) is 0 Å². The average Bonchev–Trinajstić information content (AvgIpc) is 3.36. The summed E-state index contributed by atoms with van der Waals surface area (Å²) in [6.07, 6.45) is 3.89. The monoisotopic (exact) mass is 376 g/mol. The van der Waals surface area contributed by atoms with Gasteiger partial charge in [0.25, 0.3) is 5.56 Å². The lowest BCUT2D eigenvalue weighted by atomic mass is 10.0. The Kier molecular flexibility index (Phi) is 4.46. The molecule has 3 heterocycles. The van der Waals surface area contributed by atoms with E-state index in [1.807, 2.05) is 11.9 Å². The minimum absolute atomic E-state index is 0.0900. The molecule has 2 N–H and O–H groups in total.